The van der Waals surface area contributed by atoms with E-state index in [9.17, 15) is 13.2 Å². The van der Waals surface area contributed by atoms with Gasteiger partial charge in [0, 0.05) is 12.1 Å². The Labute approximate surface area is 129 Å². The van der Waals surface area contributed by atoms with Crippen LogP contribution in [-0.4, -0.2) is 39.5 Å². The third-order valence-corrected chi connectivity index (χ3v) is 5.32. The largest absolute Gasteiger partial charge is 0.454 e. The quantitative estimate of drug-likeness (QED) is 0.838. The molecule has 1 saturated carbocycles. The normalized spacial score (nSPS) is 16.4. The topological polar surface area (TPSA) is 84.9 Å². The zero-order chi connectivity index (χ0) is 15.7. The molecule has 1 aliphatic carbocycles. The van der Waals surface area contributed by atoms with E-state index >= 15 is 0 Å². The number of benzene rings is 1. The van der Waals surface area contributed by atoms with Gasteiger partial charge < -0.3 is 14.8 Å². The molecule has 22 heavy (non-hydrogen) atoms. The van der Waals surface area contributed by atoms with Crippen molar-refractivity contribution in [1.29, 1.82) is 0 Å². The molecule has 1 heterocycles. The molecule has 7 nitrogen and oxygen atoms in total. The van der Waals surface area contributed by atoms with E-state index in [2.05, 4.69) is 5.32 Å². The fourth-order valence-electron chi connectivity index (χ4n) is 2.18. The number of sulfonamides is 1. The third kappa shape index (κ3) is 3.11. The molecule has 0 radical (unpaired) electrons. The SMILES string of the molecule is CCS(=O)(=O)N(CC(=O)NC1CC1)c1ccc2c(c1)OCO2. The molecule has 0 aromatic heterocycles. The molecule has 0 spiro atoms. The molecule has 0 unspecified atom stereocenters. The maximum atomic E-state index is 12.3. The van der Waals surface area contributed by atoms with Gasteiger partial charge in [-0.2, -0.15) is 0 Å². The molecule has 1 amide bonds. The van der Waals surface area contributed by atoms with Gasteiger partial charge in [-0.3, -0.25) is 9.10 Å². The Morgan fingerprint density at radius 2 is 2.05 bits per heavy atom. The van der Waals surface area contributed by atoms with Crippen molar-refractivity contribution >= 4 is 21.6 Å². The zero-order valence-electron chi connectivity index (χ0n) is 12.2. The molecular formula is C14H18N2O5S. The minimum atomic E-state index is -3.57. The number of hydrogen-bond acceptors (Lipinski definition) is 5. The summed E-state index contributed by atoms with van der Waals surface area (Å²) in [6.07, 6.45) is 1.91. The summed E-state index contributed by atoms with van der Waals surface area (Å²) in [5.41, 5.74) is 0.400. The Morgan fingerprint density at radius 1 is 1.32 bits per heavy atom. The van der Waals surface area contributed by atoms with Crippen molar-refractivity contribution < 1.29 is 22.7 Å². The summed E-state index contributed by atoms with van der Waals surface area (Å²) in [7, 11) is -3.57. The van der Waals surface area contributed by atoms with Crippen LogP contribution in [-0.2, 0) is 14.8 Å². The van der Waals surface area contributed by atoms with Crippen LogP contribution in [0, 0.1) is 0 Å². The second-order valence-corrected chi connectivity index (χ2v) is 7.47. The van der Waals surface area contributed by atoms with E-state index in [1.807, 2.05) is 0 Å². The van der Waals surface area contributed by atoms with Crippen molar-refractivity contribution in [2.75, 3.05) is 23.4 Å². The van der Waals surface area contributed by atoms with Gasteiger partial charge in [0.05, 0.1) is 11.4 Å². The Bertz CT molecular complexity index is 684. The molecule has 1 fully saturated rings. The Kier molecular flexibility index (Phi) is 3.86. The number of amides is 1. The summed E-state index contributed by atoms with van der Waals surface area (Å²) in [6, 6.07) is 5.04. The average molecular weight is 326 g/mol. The number of hydrogen-bond donors (Lipinski definition) is 1. The molecule has 8 heteroatoms. The fourth-order valence-corrected chi connectivity index (χ4v) is 3.24. The van der Waals surface area contributed by atoms with Crippen LogP contribution >= 0.6 is 0 Å². The van der Waals surface area contributed by atoms with E-state index < -0.39 is 10.0 Å². The summed E-state index contributed by atoms with van der Waals surface area (Å²) >= 11 is 0. The van der Waals surface area contributed by atoms with E-state index in [4.69, 9.17) is 9.47 Å². The second-order valence-electron chi connectivity index (χ2n) is 5.29. The van der Waals surface area contributed by atoms with E-state index in [1.54, 1.807) is 25.1 Å². The first-order chi connectivity index (χ1) is 10.5. The van der Waals surface area contributed by atoms with E-state index in [1.165, 1.54) is 0 Å². The monoisotopic (exact) mass is 326 g/mol. The molecule has 1 aliphatic heterocycles. The summed E-state index contributed by atoms with van der Waals surface area (Å²) < 4.78 is 36.2. The number of ether oxygens (including phenoxy) is 2. The zero-order valence-corrected chi connectivity index (χ0v) is 13.1. The van der Waals surface area contributed by atoms with Crippen LogP contribution in [0.5, 0.6) is 11.5 Å². The first-order valence-corrected chi connectivity index (χ1v) is 8.80. The highest BCUT2D eigenvalue weighted by Gasteiger charge is 2.28. The van der Waals surface area contributed by atoms with E-state index in [-0.39, 0.29) is 31.0 Å². The smallest absolute Gasteiger partial charge is 0.240 e. The van der Waals surface area contributed by atoms with E-state index in [0.29, 0.717) is 17.2 Å². The summed E-state index contributed by atoms with van der Waals surface area (Å²) in [5.74, 6) is 0.673. The molecule has 120 valence electrons. The maximum absolute atomic E-state index is 12.3. The van der Waals surface area contributed by atoms with Gasteiger partial charge in [0.15, 0.2) is 11.5 Å². The van der Waals surface area contributed by atoms with E-state index in [0.717, 1.165) is 17.1 Å². The number of nitrogens with zero attached hydrogens (tertiary/aromatic N) is 1. The minimum Gasteiger partial charge on any atom is -0.454 e. The van der Waals surface area contributed by atoms with Gasteiger partial charge in [0.1, 0.15) is 6.54 Å². The van der Waals surface area contributed by atoms with Crippen LogP contribution in [0.4, 0.5) is 5.69 Å². The summed E-state index contributed by atoms with van der Waals surface area (Å²) in [6.45, 7) is 1.43. The molecule has 2 aliphatic rings. The van der Waals surface area contributed by atoms with Crippen molar-refractivity contribution in [3.63, 3.8) is 0 Å². The van der Waals surface area contributed by atoms with Gasteiger partial charge in [0.25, 0.3) is 0 Å². The third-order valence-electron chi connectivity index (χ3n) is 3.57. The Hall–Kier alpha value is -1.96. The fraction of sp³-hybridized carbons (Fsp3) is 0.500. The lowest BCUT2D eigenvalue weighted by Crippen LogP contribution is -2.42. The van der Waals surface area contributed by atoms with Crippen LogP contribution in [0.3, 0.4) is 0 Å². The van der Waals surface area contributed by atoms with Gasteiger partial charge in [0.2, 0.25) is 22.7 Å². The van der Waals surface area contributed by atoms with Crippen LogP contribution in [0.1, 0.15) is 19.8 Å². The molecule has 1 N–H and O–H groups in total. The van der Waals surface area contributed by atoms with Gasteiger partial charge in [-0.1, -0.05) is 0 Å². The number of carbonyl (C=O) groups is 1. The van der Waals surface area contributed by atoms with Crippen molar-refractivity contribution in [2.45, 2.75) is 25.8 Å². The molecule has 0 atom stereocenters. The molecule has 0 saturated heterocycles. The lowest BCUT2D eigenvalue weighted by molar-refractivity contribution is -0.119. The maximum Gasteiger partial charge on any atom is 0.240 e. The lowest BCUT2D eigenvalue weighted by Gasteiger charge is -2.23. The standard InChI is InChI=1S/C14H18N2O5S/c1-2-22(18,19)16(8-14(17)15-10-3-4-10)11-5-6-12-13(7-11)21-9-20-12/h5-7,10H,2-4,8-9H2,1H3,(H,15,17). The van der Waals surface area contributed by atoms with Gasteiger partial charge in [-0.25, -0.2) is 8.42 Å². The first-order valence-electron chi connectivity index (χ1n) is 7.19. The van der Waals surface area contributed by atoms with Crippen LogP contribution < -0.4 is 19.1 Å². The lowest BCUT2D eigenvalue weighted by atomic mass is 10.3. The molecule has 1 aromatic rings. The highest BCUT2D eigenvalue weighted by Crippen LogP contribution is 2.36. The Balaban J connectivity index is 1.85. The number of nitrogens with one attached hydrogen (secondary N) is 1. The number of rotatable bonds is 6. The van der Waals surface area contributed by atoms with Gasteiger partial charge >= 0.3 is 0 Å². The van der Waals surface area contributed by atoms with Crippen molar-refractivity contribution in [3.05, 3.63) is 18.2 Å². The summed E-state index contributed by atoms with van der Waals surface area (Å²) in [4.78, 5) is 12.0. The van der Waals surface area contributed by atoms with Gasteiger partial charge in [-0.15, -0.1) is 0 Å². The van der Waals surface area contributed by atoms with Crippen molar-refractivity contribution in [3.8, 4) is 11.5 Å². The Morgan fingerprint density at radius 3 is 2.73 bits per heavy atom. The second kappa shape index (κ2) is 5.68. The molecular weight excluding hydrogens is 308 g/mol. The number of anilines is 1. The van der Waals surface area contributed by atoms with Crippen molar-refractivity contribution in [1.82, 2.24) is 5.32 Å². The first kappa shape index (κ1) is 15.0. The van der Waals surface area contributed by atoms with Gasteiger partial charge in [-0.05, 0) is 31.9 Å². The molecule has 3 rings (SSSR count). The molecule has 1 aromatic carbocycles. The van der Waals surface area contributed by atoms with Crippen molar-refractivity contribution in [2.24, 2.45) is 0 Å². The number of fused-ring (bicyclic) bond motifs is 1. The highest BCUT2D eigenvalue weighted by molar-refractivity contribution is 7.92. The van der Waals surface area contributed by atoms with Crippen LogP contribution in [0.2, 0.25) is 0 Å². The highest BCUT2D eigenvalue weighted by atomic mass is 32.2. The predicted octanol–water partition coefficient (Wildman–Crippen LogP) is 0.850. The number of carbonyl (C=O) groups excluding carboxylic acids is 1. The summed E-state index contributed by atoms with van der Waals surface area (Å²) in [5, 5.41) is 2.80. The van der Waals surface area contributed by atoms with Crippen LogP contribution in [0.25, 0.3) is 0 Å². The minimum absolute atomic E-state index is 0.0852. The predicted molar refractivity (Wildman–Crippen MR) is 80.5 cm³/mol. The van der Waals surface area contributed by atoms with Crippen LogP contribution in [0.15, 0.2) is 18.2 Å². The molecule has 0 bridgehead atoms. The average Bonchev–Trinajstić information content (AvgIpc) is 3.17.